The molecule has 1 heterocycles. The Labute approximate surface area is 242 Å². The molecular formula is C31H46O10. The second kappa shape index (κ2) is 13.1. The maximum atomic E-state index is 13.2. The Morgan fingerprint density at radius 2 is 1.76 bits per heavy atom. The van der Waals surface area contributed by atoms with Crippen molar-refractivity contribution in [1.82, 2.24) is 0 Å². The third-order valence-electron chi connectivity index (χ3n) is 9.07. The first-order valence-corrected chi connectivity index (χ1v) is 14.7. The number of aliphatic hydroxyl groups is 2. The topological polar surface area (TPSA) is 146 Å². The molecule has 230 valence electrons. The van der Waals surface area contributed by atoms with E-state index in [1.54, 1.807) is 32.9 Å². The monoisotopic (exact) mass is 578 g/mol. The number of aliphatic hydroxyl groups excluding tert-OH is 1. The lowest BCUT2D eigenvalue weighted by Gasteiger charge is -2.55. The van der Waals surface area contributed by atoms with E-state index in [-0.39, 0.29) is 19.3 Å². The van der Waals surface area contributed by atoms with E-state index in [9.17, 15) is 29.4 Å². The second-order valence-electron chi connectivity index (χ2n) is 12.0. The molecule has 3 aliphatic rings. The maximum Gasteiger partial charge on any atom is 0.312 e. The van der Waals surface area contributed by atoms with Gasteiger partial charge in [-0.05, 0) is 52.2 Å². The van der Waals surface area contributed by atoms with E-state index < -0.39 is 77.2 Å². The average molecular weight is 579 g/mol. The molecule has 0 bridgehead atoms. The molecule has 0 spiro atoms. The summed E-state index contributed by atoms with van der Waals surface area (Å²) >= 11 is 0. The molecule has 0 aromatic carbocycles. The van der Waals surface area contributed by atoms with Crippen LogP contribution in [-0.2, 0) is 38.1 Å². The smallest absolute Gasteiger partial charge is 0.312 e. The van der Waals surface area contributed by atoms with E-state index in [0.29, 0.717) is 18.4 Å². The molecule has 9 atom stereocenters. The van der Waals surface area contributed by atoms with Crippen molar-refractivity contribution in [1.29, 1.82) is 0 Å². The standard InChI is InChI=1S/C31H46O10/c1-8-10-11-12-25(34)39-22-14-13-17(3)15-23-31(37,19(5)29(36)40-23)27(35)26-18(4)16-21(38-20(6)32)28(30(22,26)7)41-24(33)9-2/h15-16,19,21-23,26-28,35,37H,8-14H2,1-7H3. The van der Waals surface area contributed by atoms with Crippen LogP contribution in [0.3, 0.4) is 0 Å². The van der Waals surface area contributed by atoms with Gasteiger partial charge in [-0.1, -0.05) is 44.8 Å². The van der Waals surface area contributed by atoms with Crippen LogP contribution in [0.15, 0.2) is 23.3 Å². The molecule has 3 rings (SSSR count). The fraction of sp³-hybridized carbons (Fsp3) is 0.742. The lowest BCUT2D eigenvalue weighted by molar-refractivity contribution is -0.221. The number of carbonyl (C=O) groups excluding carboxylic acids is 4. The van der Waals surface area contributed by atoms with Crippen molar-refractivity contribution < 1.29 is 48.3 Å². The molecule has 10 nitrogen and oxygen atoms in total. The lowest BCUT2D eigenvalue weighted by atomic mass is 9.55. The van der Waals surface area contributed by atoms with E-state index in [1.807, 2.05) is 13.8 Å². The van der Waals surface area contributed by atoms with Crippen LogP contribution in [0.2, 0.25) is 0 Å². The zero-order chi connectivity index (χ0) is 30.7. The largest absolute Gasteiger partial charge is 0.462 e. The van der Waals surface area contributed by atoms with Gasteiger partial charge in [0.25, 0.3) is 0 Å². The highest BCUT2D eigenvalue weighted by Crippen LogP contribution is 2.54. The highest BCUT2D eigenvalue weighted by atomic mass is 16.6. The minimum atomic E-state index is -2.04. The Hall–Kier alpha value is -2.72. The average Bonchev–Trinajstić information content (AvgIpc) is 3.11. The maximum absolute atomic E-state index is 13.2. The summed E-state index contributed by atoms with van der Waals surface area (Å²) < 4.78 is 23.3. The summed E-state index contributed by atoms with van der Waals surface area (Å²) in [6.45, 7) is 11.7. The summed E-state index contributed by atoms with van der Waals surface area (Å²) in [6, 6.07) is 0. The lowest BCUT2D eigenvalue weighted by Crippen LogP contribution is -2.66. The molecule has 41 heavy (non-hydrogen) atoms. The molecular weight excluding hydrogens is 532 g/mol. The minimum Gasteiger partial charge on any atom is -0.462 e. The first kappa shape index (κ1) is 32.8. The van der Waals surface area contributed by atoms with Gasteiger partial charge in [-0.15, -0.1) is 0 Å². The number of carbonyl (C=O) groups is 4. The quantitative estimate of drug-likeness (QED) is 0.189. The van der Waals surface area contributed by atoms with Crippen molar-refractivity contribution in [3.63, 3.8) is 0 Å². The van der Waals surface area contributed by atoms with Crippen LogP contribution in [0, 0.1) is 17.3 Å². The van der Waals surface area contributed by atoms with Gasteiger partial charge in [0.1, 0.15) is 11.7 Å². The van der Waals surface area contributed by atoms with Gasteiger partial charge in [-0.25, -0.2) is 0 Å². The number of hydrogen-bond acceptors (Lipinski definition) is 10. The van der Waals surface area contributed by atoms with Crippen LogP contribution >= 0.6 is 0 Å². The Kier molecular flexibility index (Phi) is 10.5. The molecule has 0 radical (unpaired) electrons. The fourth-order valence-electron chi connectivity index (χ4n) is 6.70. The molecule has 0 saturated carbocycles. The number of hydrogen-bond donors (Lipinski definition) is 2. The first-order valence-electron chi connectivity index (χ1n) is 14.7. The van der Waals surface area contributed by atoms with Crippen LogP contribution in [0.4, 0.5) is 0 Å². The Morgan fingerprint density at radius 1 is 1.07 bits per heavy atom. The van der Waals surface area contributed by atoms with E-state index in [0.717, 1.165) is 18.4 Å². The van der Waals surface area contributed by atoms with E-state index in [4.69, 9.17) is 18.9 Å². The zero-order valence-corrected chi connectivity index (χ0v) is 25.3. The Morgan fingerprint density at radius 3 is 2.37 bits per heavy atom. The van der Waals surface area contributed by atoms with Gasteiger partial charge >= 0.3 is 23.9 Å². The number of esters is 4. The predicted molar refractivity (Wildman–Crippen MR) is 148 cm³/mol. The Balaban J connectivity index is 2.27. The van der Waals surface area contributed by atoms with E-state index in [2.05, 4.69) is 0 Å². The summed E-state index contributed by atoms with van der Waals surface area (Å²) in [4.78, 5) is 50.9. The Bertz CT molecular complexity index is 1080. The van der Waals surface area contributed by atoms with Crippen molar-refractivity contribution in [2.24, 2.45) is 17.3 Å². The molecule has 1 saturated heterocycles. The third-order valence-corrected chi connectivity index (χ3v) is 9.07. The van der Waals surface area contributed by atoms with E-state index in [1.165, 1.54) is 13.8 Å². The highest BCUT2D eigenvalue weighted by molar-refractivity contribution is 5.77. The minimum absolute atomic E-state index is 0.0317. The van der Waals surface area contributed by atoms with Gasteiger partial charge in [0.05, 0.1) is 17.4 Å². The van der Waals surface area contributed by atoms with Crippen molar-refractivity contribution in [3.8, 4) is 0 Å². The fourth-order valence-corrected chi connectivity index (χ4v) is 6.70. The SMILES string of the molecule is CCCCCC(=O)OC1CCC(C)=CC2OC(=O)C(C)C2(O)C(O)C2C(C)=CC(OC(C)=O)C(OC(=O)CC)C12C. The number of unbranched alkanes of at least 4 members (excludes halogenated alkanes) is 2. The molecule has 2 aliphatic carbocycles. The molecule has 1 aliphatic heterocycles. The second-order valence-corrected chi connectivity index (χ2v) is 12.0. The third kappa shape index (κ3) is 6.38. The van der Waals surface area contributed by atoms with Gasteiger partial charge in [-0.2, -0.15) is 0 Å². The van der Waals surface area contributed by atoms with Crippen LogP contribution < -0.4 is 0 Å². The molecule has 0 aromatic heterocycles. The first-order chi connectivity index (χ1) is 19.2. The summed E-state index contributed by atoms with van der Waals surface area (Å²) in [5.74, 6) is -4.31. The van der Waals surface area contributed by atoms with Crippen LogP contribution in [0.1, 0.15) is 93.4 Å². The van der Waals surface area contributed by atoms with E-state index >= 15 is 0 Å². The molecule has 0 aromatic rings. The van der Waals surface area contributed by atoms with Crippen LogP contribution in [0.5, 0.6) is 0 Å². The van der Waals surface area contributed by atoms with Crippen molar-refractivity contribution >= 4 is 23.9 Å². The number of fused-ring (bicyclic) bond motifs is 2. The molecule has 1 fully saturated rings. The van der Waals surface area contributed by atoms with Gasteiger partial charge in [0.2, 0.25) is 0 Å². The van der Waals surface area contributed by atoms with Gasteiger partial charge in [-0.3, -0.25) is 19.2 Å². The van der Waals surface area contributed by atoms with Crippen molar-refractivity contribution in [2.75, 3.05) is 0 Å². The van der Waals surface area contributed by atoms with Crippen LogP contribution in [0.25, 0.3) is 0 Å². The molecule has 0 amide bonds. The summed E-state index contributed by atoms with van der Waals surface area (Å²) in [7, 11) is 0. The molecule has 10 heteroatoms. The van der Waals surface area contributed by atoms with Gasteiger partial charge in [0, 0.05) is 25.7 Å². The number of allylic oxidation sites excluding steroid dienone is 1. The van der Waals surface area contributed by atoms with Gasteiger partial charge in [0.15, 0.2) is 18.3 Å². The summed E-state index contributed by atoms with van der Waals surface area (Å²) in [5, 5.41) is 24.2. The van der Waals surface area contributed by atoms with Gasteiger partial charge < -0.3 is 29.2 Å². The summed E-state index contributed by atoms with van der Waals surface area (Å²) in [6.07, 6.45) is 0.723. The number of rotatable bonds is 8. The highest BCUT2D eigenvalue weighted by Gasteiger charge is 2.66. The predicted octanol–water partition coefficient (Wildman–Crippen LogP) is 3.71. The normalized spacial score (nSPS) is 37.0. The zero-order valence-electron chi connectivity index (χ0n) is 25.3. The number of ether oxygens (including phenoxy) is 4. The summed E-state index contributed by atoms with van der Waals surface area (Å²) in [5.41, 5.74) is -2.13. The molecule has 9 unspecified atom stereocenters. The molecule has 2 N–H and O–H groups in total. The van der Waals surface area contributed by atoms with Crippen molar-refractivity contribution in [3.05, 3.63) is 23.3 Å². The van der Waals surface area contributed by atoms with Crippen molar-refractivity contribution in [2.45, 2.75) is 130 Å². The van der Waals surface area contributed by atoms with Crippen LogP contribution in [-0.4, -0.2) is 70.2 Å².